The topological polar surface area (TPSA) is 52.7 Å². The monoisotopic (exact) mass is 333 g/mol. The molecule has 130 valence electrons. The molecular weight excluding hydrogens is 309 g/mol. The molecule has 0 radical (unpaired) electrons. The summed E-state index contributed by atoms with van der Waals surface area (Å²) in [7, 11) is 1.66. The third-order valence-electron chi connectivity index (χ3n) is 5.41. The van der Waals surface area contributed by atoms with Gasteiger partial charge in [0.05, 0.1) is 6.54 Å². The number of nitrogens with one attached hydrogen (secondary N) is 1. The summed E-state index contributed by atoms with van der Waals surface area (Å²) in [5.74, 6) is -0.461. The van der Waals surface area contributed by atoms with E-state index in [0.717, 1.165) is 32.2 Å². The average molecular weight is 333 g/mol. The molecule has 2 fully saturated rings. The van der Waals surface area contributed by atoms with Crippen molar-refractivity contribution >= 4 is 11.8 Å². The van der Waals surface area contributed by atoms with Crippen LogP contribution in [0.15, 0.2) is 24.3 Å². The molecule has 0 atom stereocenters. The molecule has 1 aromatic rings. The Labute approximate surface area is 141 Å². The SMILES string of the molecule is CNC(=O)CN1CCCC12CCN(C(=O)c1cccc(F)c1)CC2. The number of benzene rings is 1. The van der Waals surface area contributed by atoms with E-state index in [-0.39, 0.29) is 23.2 Å². The molecule has 2 aliphatic heterocycles. The summed E-state index contributed by atoms with van der Waals surface area (Å²) in [4.78, 5) is 28.3. The highest BCUT2D eigenvalue weighted by atomic mass is 19.1. The summed E-state index contributed by atoms with van der Waals surface area (Å²) in [5, 5.41) is 2.69. The zero-order valence-corrected chi connectivity index (χ0v) is 14.1. The molecule has 2 amide bonds. The van der Waals surface area contributed by atoms with Crippen LogP contribution < -0.4 is 5.32 Å². The summed E-state index contributed by atoms with van der Waals surface area (Å²) in [6.45, 7) is 2.67. The van der Waals surface area contributed by atoms with E-state index < -0.39 is 0 Å². The van der Waals surface area contributed by atoms with E-state index in [4.69, 9.17) is 0 Å². The zero-order valence-electron chi connectivity index (χ0n) is 14.1. The van der Waals surface area contributed by atoms with Crippen molar-refractivity contribution in [3.63, 3.8) is 0 Å². The molecule has 0 saturated carbocycles. The molecule has 1 aromatic carbocycles. The van der Waals surface area contributed by atoms with Crippen molar-refractivity contribution in [2.45, 2.75) is 31.2 Å². The summed E-state index contributed by atoms with van der Waals surface area (Å²) in [6, 6.07) is 5.86. The lowest BCUT2D eigenvalue weighted by molar-refractivity contribution is -0.123. The molecular formula is C18H24FN3O2. The van der Waals surface area contributed by atoms with Gasteiger partial charge in [0.2, 0.25) is 5.91 Å². The van der Waals surface area contributed by atoms with Crippen LogP contribution in [0.3, 0.4) is 0 Å². The van der Waals surface area contributed by atoms with Crippen molar-refractivity contribution in [1.29, 1.82) is 0 Å². The number of carbonyl (C=O) groups excluding carboxylic acids is 2. The maximum absolute atomic E-state index is 13.3. The van der Waals surface area contributed by atoms with E-state index in [1.807, 2.05) is 0 Å². The molecule has 0 aromatic heterocycles. The molecule has 0 aliphatic carbocycles. The third kappa shape index (κ3) is 3.29. The van der Waals surface area contributed by atoms with Crippen LogP contribution in [-0.4, -0.2) is 60.4 Å². The van der Waals surface area contributed by atoms with Gasteiger partial charge in [-0.2, -0.15) is 0 Å². The highest BCUT2D eigenvalue weighted by molar-refractivity contribution is 5.94. The second kappa shape index (κ2) is 6.89. The van der Waals surface area contributed by atoms with Crippen LogP contribution in [0.4, 0.5) is 4.39 Å². The van der Waals surface area contributed by atoms with Gasteiger partial charge >= 0.3 is 0 Å². The highest BCUT2D eigenvalue weighted by Crippen LogP contribution is 2.38. The van der Waals surface area contributed by atoms with Gasteiger partial charge in [0.1, 0.15) is 5.82 Å². The van der Waals surface area contributed by atoms with Gasteiger partial charge in [0.15, 0.2) is 0 Å². The van der Waals surface area contributed by atoms with E-state index in [0.29, 0.717) is 25.2 Å². The lowest BCUT2D eigenvalue weighted by Crippen LogP contribution is -2.55. The van der Waals surface area contributed by atoms with Crippen LogP contribution in [-0.2, 0) is 4.79 Å². The number of halogens is 1. The summed E-state index contributed by atoms with van der Waals surface area (Å²) < 4.78 is 13.3. The first-order chi connectivity index (χ1) is 11.5. The third-order valence-corrected chi connectivity index (χ3v) is 5.41. The molecule has 24 heavy (non-hydrogen) atoms. The zero-order chi connectivity index (χ0) is 17.2. The normalized spacial score (nSPS) is 20.3. The fraction of sp³-hybridized carbons (Fsp3) is 0.556. The van der Waals surface area contributed by atoms with E-state index in [2.05, 4.69) is 10.2 Å². The van der Waals surface area contributed by atoms with Crippen molar-refractivity contribution < 1.29 is 14.0 Å². The summed E-state index contributed by atoms with van der Waals surface area (Å²) in [5.41, 5.74) is 0.435. The minimum Gasteiger partial charge on any atom is -0.358 e. The van der Waals surface area contributed by atoms with Gasteiger partial charge < -0.3 is 10.2 Å². The van der Waals surface area contributed by atoms with Gasteiger partial charge in [0, 0.05) is 31.2 Å². The van der Waals surface area contributed by atoms with E-state index in [1.165, 1.54) is 12.1 Å². The molecule has 1 N–H and O–H groups in total. The molecule has 0 bridgehead atoms. The number of likely N-dealkylation sites (N-methyl/N-ethyl adjacent to an activating group) is 1. The Bertz CT molecular complexity index is 626. The summed E-state index contributed by atoms with van der Waals surface area (Å²) in [6.07, 6.45) is 3.90. The van der Waals surface area contributed by atoms with Crippen LogP contribution in [0, 0.1) is 5.82 Å². The van der Waals surface area contributed by atoms with Crippen LogP contribution in [0.25, 0.3) is 0 Å². The molecule has 2 heterocycles. The van der Waals surface area contributed by atoms with Crippen LogP contribution in [0.1, 0.15) is 36.0 Å². The van der Waals surface area contributed by atoms with Crippen molar-refractivity contribution in [3.8, 4) is 0 Å². The Morgan fingerprint density at radius 1 is 1.21 bits per heavy atom. The predicted octanol–water partition coefficient (Wildman–Crippen LogP) is 1.64. The van der Waals surface area contributed by atoms with Gasteiger partial charge in [-0.3, -0.25) is 14.5 Å². The molecule has 2 saturated heterocycles. The number of likely N-dealkylation sites (tertiary alicyclic amines) is 2. The summed E-state index contributed by atoms with van der Waals surface area (Å²) >= 11 is 0. The first kappa shape index (κ1) is 16.9. The number of amides is 2. The molecule has 3 rings (SSSR count). The predicted molar refractivity (Wildman–Crippen MR) is 89.1 cm³/mol. The van der Waals surface area contributed by atoms with Gasteiger partial charge in [-0.05, 0) is 50.4 Å². The van der Waals surface area contributed by atoms with Gasteiger partial charge in [0.25, 0.3) is 5.91 Å². The molecule has 0 unspecified atom stereocenters. The number of nitrogens with zero attached hydrogens (tertiary/aromatic N) is 2. The fourth-order valence-electron chi connectivity index (χ4n) is 3.99. The molecule has 5 nitrogen and oxygen atoms in total. The minimum atomic E-state index is -0.387. The highest BCUT2D eigenvalue weighted by Gasteiger charge is 2.44. The van der Waals surface area contributed by atoms with Crippen molar-refractivity contribution in [2.75, 3.05) is 33.2 Å². The second-order valence-corrected chi connectivity index (χ2v) is 6.73. The maximum atomic E-state index is 13.3. The Hall–Kier alpha value is -1.95. The van der Waals surface area contributed by atoms with Gasteiger partial charge in [-0.25, -0.2) is 4.39 Å². The second-order valence-electron chi connectivity index (χ2n) is 6.73. The van der Waals surface area contributed by atoms with E-state index >= 15 is 0 Å². The van der Waals surface area contributed by atoms with E-state index in [1.54, 1.807) is 24.1 Å². The van der Waals surface area contributed by atoms with Gasteiger partial charge in [-0.15, -0.1) is 0 Å². The van der Waals surface area contributed by atoms with Crippen molar-refractivity contribution in [2.24, 2.45) is 0 Å². The number of rotatable bonds is 3. The Balaban J connectivity index is 1.64. The van der Waals surface area contributed by atoms with E-state index in [9.17, 15) is 14.0 Å². The smallest absolute Gasteiger partial charge is 0.253 e. The first-order valence-corrected chi connectivity index (χ1v) is 8.54. The Morgan fingerprint density at radius 3 is 2.62 bits per heavy atom. The minimum absolute atomic E-state index is 0.0330. The Morgan fingerprint density at radius 2 is 1.96 bits per heavy atom. The first-order valence-electron chi connectivity index (χ1n) is 8.54. The van der Waals surface area contributed by atoms with Crippen molar-refractivity contribution in [1.82, 2.24) is 15.1 Å². The Kier molecular flexibility index (Phi) is 4.85. The largest absolute Gasteiger partial charge is 0.358 e. The van der Waals surface area contributed by atoms with Gasteiger partial charge in [-0.1, -0.05) is 6.07 Å². The lowest BCUT2D eigenvalue weighted by Gasteiger charge is -2.44. The average Bonchev–Trinajstić information content (AvgIpc) is 2.97. The van der Waals surface area contributed by atoms with Crippen LogP contribution in [0.5, 0.6) is 0 Å². The number of carbonyl (C=O) groups is 2. The van der Waals surface area contributed by atoms with Crippen molar-refractivity contribution in [3.05, 3.63) is 35.6 Å². The number of hydrogen-bond acceptors (Lipinski definition) is 3. The fourth-order valence-corrected chi connectivity index (χ4v) is 3.99. The maximum Gasteiger partial charge on any atom is 0.253 e. The molecule has 6 heteroatoms. The number of hydrogen-bond donors (Lipinski definition) is 1. The quantitative estimate of drug-likeness (QED) is 0.915. The van der Waals surface area contributed by atoms with Crippen LogP contribution in [0.2, 0.25) is 0 Å². The standard InChI is InChI=1S/C18H24FN3O2/c1-20-16(23)13-22-9-3-6-18(22)7-10-21(11-8-18)17(24)14-4-2-5-15(19)12-14/h2,4-5,12H,3,6-11,13H2,1H3,(H,20,23). The molecule has 1 spiro atoms. The lowest BCUT2D eigenvalue weighted by atomic mass is 9.84. The molecule has 2 aliphatic rings. The number of piperidine rings is 1. The van der Waals surface area contributed by atoms with Crippen LogP contribution >= 0.6 is 0 Å².